The van der Waals surface area contributed by atoms with Gasteiger partial charge in [0.1, 0.15) is 0 Å². The van der Waals surface area contributed by atoms with Gasteiger partial charge in [0, 0.05) is 10.0 Å². The first kappa shape index (κ1) is 26.6. The van der Waals surface area contributed by atoms with E-state index in [1.807, 2.05) is 0 Å². The number of carbonyl (C=O) groups is 2. The van der Waals surface area contributed by atoms with Crippen molar-refractivity contribution >= 4 is 50.3 Å². The first-order valence-corrected chi connectivity index (χ1v) is 13.7. The van der Waals surface area contributed by atoms with Crippen LogP contribution >= 0.6 is 27.7 Å². The Kier molecular flexibility index (Phi) is 7.74. The van der Waals surface area contributed by atoms with E-state index in [0.29, 0.717) is 22.2 Å². The number of aromatic nitrogens is 2. The van der Waals surface area contributed by atoms with Gasteiger partial charge in [-0.25, -0.2) is 4.98 Å². The normalized spacial score (nSPS) is 11.3. The van der Waals surface area contributed by atoms with Gasteiger partial charge in [0.25, 0.3) is 11.5 Å². The number of para-hydroxylation sites is 1. The van der Waals surface area contributed by atoms with Crippen LogP contribution in [0.2, 0.25) is 0 Å². The number of nitrogens with one attached hydrogen (secondary N) is 1. The van der Waals surface area contributed by atoms with E-state index in [4.69, 9.17) is 0 Å². The minimum Gasteiger partial charge on any atom is -0.372 e. The molecule has 1 amide bonds. The van der Waals surface area contributed by atoms with Crippen LogP contribution in [0, 0.1) is 0 Å². The highest BCUT2D eigenvalue weighted by Crippen LogP contribution is 2.30. The van der Waals surface area contributed by atoms with Gasteiger partial charge in [-0.3, -0.25) is 19.8 Å². The van der Waals surface area contributed by atoms with Crippen LogP contribution in [-0.2, 0) is 10.4 Å². The predicted molar refractivity (Wildman–Crippen MR) is 155 cm³/mol. The van der Waals surface area contributed by atoms with Crippen molar-refractivity contribution in [1.29, 1.82) is 0 Å². The van der Waals surface area contributed by atoms with E-state index in [1.165, 1.54) is 0 Å². The molecule has 4 aromatic carbocycles. The molecule has 0 aliphatic rings. The zero-order valence-corrected chi connectivity index (χ0v) is 22.9. The fraction of sp³-hybridized carbons (Fsp3) is 0.0667. The van der Waals surface area contributed by atoms with Crippen molar-refractivity contribution in [1.82, 2.24) is 9.66 Å². The summed E-state index contributed by atoms with van der Waals surface area (Å²) in [6.45, 7) is 0. The van der Waals surface area contributed by atoms with Crippen LogP contribution in [0.5, 0.6) is 0 Å². The predicted octanol–water partition coefficient (Wildman–Crippen LogP) is 5.14. The Bertz CT molecular complexity index is 1670. The van der Waals surface area contributed by atoms with Gasteiger partial charge in [0.15, 0.2) is 16.5 Å². The standard InChI is InChI=1S/C30H22BrN3O4S/c31-23-17-15-20(16-18-23)26(35)19-39-29-32-25-14-8-7-13-24(25)27(36)34(29)33-28(37)30(38,21-9-3-1-4-10-21)22-11-5-2-6-12-22/h1-18,38H,19H2,(H,33,37). The van der Waals surface area contributed by atoms with E-state index in [-0.39, 0.29) is 22.1 Å². The summed E-state index contributed by atoms with van der Waals surface area (Å²) < 4.78 is 1.85. The molecule has 0 bridgehead atoms. The molecule has 0 aliphatic heterocycles. The number of carbonyl (C=O) groups excluding carboxylic acids is 2. The van der Waals surface area contributed by atoms with Gasteiger partial charge in [-0.1, -0.05) is 113 Å². The van der Waals surface area contributed by atoms with E-state index in [9.17, 15) is 19.5 Å². The Balaban J connectivity index is 1.55. The second kappa shape index (κ2) is 11.4. The SMILES string of the molecule is O=C(CSc1nc2ccccc2c(=O)n1NC(=O)C(O)(c1ccccc1)c1ccccc1)c1ccc(Br)cc1. The summed E-state index contributed by atoms with van der Waals surface area (Å²) in [4.78, 5) is 44.8. The Morgan fingerprint density at radius 3 is 2.03 bits per heavy atom. The molecule has 0 fully saturated rings. The molecule has 0 radical (unpaired) electrons. The van der Waals surface area contributed by atoms with Gasteiger partial charge >= 0.3 is 0 Å². The minimum absolute atomic E-state index is 0.0239. The quantitative estimate of drug-likeness (QED) is 0.145. The Labute approximate surface area is 236 Å². The number of aliphatic hydroxyl groups is 1. The summed E-state index contributed by atoms with van der Waals surface area (Å²) in [5, 5.41) is 12.2. The summed E-state index contributed by atoms with van der Waals surface area (Å²) in [5.74, 6) is -1.04. The summed E-state index contributed by atoms with van der Waals surface area (Å²) in [7, 11) is 0. The van der Waals surface area contributed by atoms with Gasteiger partial charge in [-0.15, -0.1) is 0 Å². The zero-order valence-electron chi connectivity index (χ0n) is 20.5. The topological polar surface area (TPSA) is 101 Å². The number of ketones is 1. The van der Waals surface area contributed by atoms with E-state index in [0.717, 1.165) is 20.9 Å². The highest BCUT2D eigenvalue weighted by Gasteiger charge is 2.40. The lowest BCUT2D eigenvalue weighted by atomic mass is 9.85. The second-order valence-corrected chi connectivity index (χ2v) is 10.5. The lowest BCUT2D eigenvalue weighted by molar-refractivity contribution is -0.132. The van der Waals surface area contributed by atoms with Gasteiger partial charge in [-0.2, -0.15) is 4.68 Å². The monoisotopic (exact) mass is 599 g/mol. The van der Waals surface area contributed by atoms with Crippen molar-refractivity contribution in [2.45, 2.75) is 10.8 Å². The Morgan fingerprint density at radius 1 is 0.846 bits per heavy atom. The molecule has 0 saturated heterocycles. The molecule has 0 unspecified atom stereocenters. The molecule has 5 aromatic rings. The van der Waals surface area contributed by atoms with Crippen molar-refractivity contribution in [2.75, 3.05) is 11.2 Å². The number of benzene rings is 4. The fourth-order valence-corrected chi connectivity index (χ4v) is 5.24. The largest absolute Gasteiger partial charge is 0.372 e. The number of thioether (sulfide) groups is 1. The highest BCUT2D eigenvalue weighted by atomic mass is 79.9. The molecule has 0 aliphatic carbocycles. The maximum Gasteiger partial charge on any atom is 0.281 e. The average Bonchev–Trinajstić information content (AvgIpc) is 2.98. The third kappa shape index (κ3) is 5.42. The first-order chi connectivity index (χ1) is 18.9. The molecular weight excluding hydrogens is 578 g/mol. The summed E-state index contributed by atoms with van der Waals surface area (Å²) in [6, 6.07) is 30.7. The number of fused-ring (bicyclic) bond motifs is 1. The molecule has 0 atom stereocenters. The van der Waals surface area contributed by atoms with Crippen LogP contribution in [0.4, 0.5) is 0 Å². The smallest absolute Gasteiger partial charge is 0.281 e. The summed E-state index contributed by atoms with van der Waals surface area (Å²) in [6.07, 6.45) is 0. The number of hydrogen-bond acceptors (Lipinski definition) is 6. The number of halogens is 1. The van der Waals surface area contributed by atoms with Gasteiger partial charge in [0.2, 0.25) is 0 Å². The average molecular weight is 600 g/mol. The third-order valence-corrected chi connectivity index (χ3v) is 7.64. The Morgan fingerprint density at radius 2 is 1.41 bits per heavy atom. The van der Waals surface area contributed by atoms with Crippen molar-refractivity contribution in [3.63, 3.8) is 0 Å². The van der Waals surface area contributed by atoms with Gasteiger partial charge in [0.05, 0.1) is 16.7 Å². The number of amides is 1. The molecule has 194 valence electrons. The summed E-state index contributed by atoms with van der Waals surface area (Å²) in [5.41, 5.74) is 1.54. The maximum atomic E-state index is 13.8. The van der Waals surface area contributed by atoms with E-state index in [2.05, 4.69) is 26.3 Å². The van der Waals surface area contributed by atoms with Gasteiger partial charge in [-0.05, 0) is 35.4 Å². The molecule has 9 heteroatoms. The summed E-state index contributed by atoms with van der Waals surface area (Å²) >= 11 is 4.38. The second-order valence-electron chi connectivity index (χ2n) is 8.65. The van der Waals surface area contributed by atoms with Crippen LogP contribution in [0.3, 0.4) is 0 Å². The highest BCUT2D eigenvalue weighted by molar-refractivity contribution is 9.10. The van der Waals surface area contributed by atoms with Gasteiger partial charge < -0.3 is 5.11 Å². The molecule has 0 spiro atoms. The fourth-order valence-electron chi connectivity index (χ4n) is 4.13. The number of nitrogens with zero attached hydrogens (tertiary/aromatic N) is 2. The number of hydrogen-bond donors (Lipinski definition) is 2. The van der Waals surface area contributed by atoms with Crippen molar-refractivity contribution < 1.29 is 14.7 Å². The molecule has 2 N–H and O–H groups in total. The Hall–Kier alpha value is -4.05. The number of rotatable bonds is 8. The lowest BCUT2D eigenvalue weighted by Gasteiger charge is -2.28. The van der Waals surface area contributed by atoms with Crippen molar-refractivity contribution in [3.05, 3.63) is 141 Å². The molecule has 0 saturated carbocycles. The molecule has 5 rings (SSSR count). The van der Waals surface area contributed by atoms with E-state index < -0.39 is 17.1 Å². The molecule has 7 nitrogen and oxygen atoms in total. The van der Waals surface area contributed by atoms with Crippen LogP contribution in [-0.4, -0.2) is 32.2 Å². The zero-order chi connectivity index (χ0) is 27.4. The van der Waals surface area contributed by atoms with Crippen molar-refractivity contribution in [3.8, 4) is 0 Å². The molecule has 1 aromatic heterocycles. The number of Topliss-reactive ketones (excluding diaryl/α,β-unsaturated/α-hetero) is 1. The molecular formula is C30H22BrN3O4S. The van der Waals surface area contributed by atoms with Crippen LogP contribution in [0.25, 0.3) is 10.9 Å². The molecule has 1 heterocycles. The van der Waals surface area contributed by atoms with Crippen LogP contribution in [0.1, 0.15) is 21.5 Å². The third-order valence-electron chi connectivity index (χ3n) is 6.17. The van der Waals surface area contributed by atoms with Crippen LogP contribution in [0.15, 0.2) is 124 Å². The van der Waals surface area contributed by atoms with Crippen LogP contribution < -0.4 is 11.0 Å². The van der Waals surface area contributed by atoms with E-state index >= 15 is 0 Å². The maximum absolute atomic E-state index is 13.8. The minimum atomic E-state index is -2.11. The molecule has 39 heavy (non-hydrogen) atoms. The lowest BCUT2D eigenvalue weighted by Crippen LogP contribution is -2.47. The van der Waals surface area contributed by atoms with Crippen molar-refractivity contribution in [2.24, 2.45) is 0 Å². The first-order valence-electron chi connectivity index (χ1n) is 12.0. The van der Waals surface area contributed by atoms with E-state index in [1.54, 1.807) is 109 Å².